The second-order valence-electron chi connectivity index (χ2n) is 10.6. The van der Waals surface area contributed by atoms with Crippen LogP contribution in [0.5, 0.6) is 0 Å². The molecule has 1 aromatic carbocycles. The Kier molecular flexibility index (Phi) is 9.92. The molecule has 3 N–H and O–H groups in total. The first-order valence-corrected chi connectivity index (χ1v) is 12.3. The van der Waals surface area contributed by atoms with Crippen molar-refractivity contribution in [3.8, 4) is 0 Å². The van der Waals surface area contributed by atoms with Gasteiger partial charge < -0.3 is 25.0 Å². The molecule has 0 radical (unpaired) electrons. The number of rotatable bonds is 12. The molecule has 0 fully saturated rings. The van der Waals surface area contributed by atoms with E-state index >= 15 is 0 Å². The van der Waals surface area contributed by atoms with Crippen molar-refractivity contribution in [2.75, 3.05) is 0 Å². The van der Waals surface area contributed by atoms with Gasteiger partial charge in [0.1, 0.15) is 23.8 Å². The Bertz CT molecular complexity index is 1230. The zero-order valence-electron chi connectivity index (χ0n) is 22.9. The third-order valence-corrected chi connectivity index (χ3v) is 6.40. The number of esters is 1. The summed E-state index contributed by atoms with van der Waals surface area (Å²) < 4.78 is 10.7. The predicted molar refractivity (Wildman–Crippen MR) is 140 cm³/mol. The Morgan fingerprint density at radius 1 is 1.00 bits per heavy atom. The quantitative estimate of drug-likeness (QED) is 0.148. The van der Waals surface area contributed by atoms with Crippen molar-refractivity contribution in [2.45, 2.75) is 71.1 Å². The number of benzene rings is 1. The lowest BCUT2D eigenvalue weighted by molar-refractivity contribution is -0.385. The molecule has 13 nitrogen and oxygen atoms in total. The number of carbonyl (C=O) groups is 4. The summed E-state index contributed by atoms with van der Waals surface area (Å²) in [6, 6.07) is 9.65. The molecular formula is C27H33N3O10. The first kappa shape index (κ1) is 31.7. The van der Waals surface area contributed by atoms with Crippen LogP contribution in [0.1, 0.15) is 58.7 Å². The van der Waals surface area contributed by atoms with E-state index in [2.05, 4.69) is 10.3 Å². The second kappa shape index (κ2) is 12.5. The van der Waals surface area contributed by atoms with Crippen molar-refractivity contribution >= 4 is 29.7 Å². The molecule has 1 aromatic heterocycles. The lowest BCUT2D eigenvalue weighted by atomic mass is 9.74. The number of carboxylic acids is 2. The highest BCUT2D eigenvalue weighted by Crippen LogP contribution is 2.35. The first-order chi connectivity index (χ1) is 18.5. The van der Waals surface area contributed by atoms with Gasteiger partial charge in [0.05, 0.1) is 16.7 Å². The lowest BCUT2D eigenvalue weighted by Gasteiger charge is -2.34. The average molecular weight is 560 g/mol. The number of carboxylic acid groups (broad SMARTS) is 2. The Balaban J connectivity index is 2.47. The van der Waals surface area contributed by atoms with Crippen molar-refractivity contribution < 1.29 is 43.8 Å². The zero-order chi connectivity index (χ0) is 30.3. The van der Waals surface area contributed by atoms with Crippen LogP contribution in [0.15, 0.2) is 48.7 Å². The Labute approximate surface area is 230 Å². The van der Waals surface area contributed by atoms with Crippen LogP contribution >= 0.6 is 0 Å². The zero-order valence-corrected chi connectivity index (χ0v) is 22.9. The number of aliphatic carboxylic acids is 2. The predicted octanol–water partition coefficient (Wildman–Crippen LogP) is 3.84. The fourth-order valence-corrected chi connectivity index (χ4v) is 3.82. The van der Waals surface area contributed by atoms with Crippen molar-refractivity contribution in [3.05, 3.63) is 70.0 Å². The van der Waals surface area contributed by atoms with Gasteiger partial charge in [-0.2, -0.15) is 0 Å². The maximum Gasteiger partial charge on any atom is 0.407 e. The minimum absolute atomic E-state index is 0.0690. The molecule has 40 heavy (non-hydrogen) atoms. The molecule has 0 aliphatic rings. The van der Waals surface area contributed by atoms with Gasteiger partial charge in [-0.25, -0.2) is 4.79 Å². The topological polar surface area (TPSA) is 195 Å². The van der Waals surface area contributed by atoms with Gasteiger partial charge in [0.25, 0.3) is 5.69 Å². The average Bonchev–Trinajstić information content (AvgIpc) is 2.88. The molecule has 2 atom stereocenters. The number of amides is 1. The van der Waals surface area contributed by atoms with Gasteiger partial charge in [-0.1, -0.05) is 30.3 Å². The van der Waals surface area contributed by atoms with Gasteiger partial charge in [-0.05, 0) is 59.1 Å². The highest BCUT2D eigenvalue weighted by atomic mass is 16.6. The van der Waals surface area contributed by atoms with Crippen LogP contribution in [0.3, 0.4) is 0 Å². The number of ether oxygens (including phenoxy) is 2. The smallest absolute Gasteiger partial charge is 0.407 e. The van der Waals surface area contributed by atoms with Crippen LogP contribution in [0, 0.1) is 15.5 Å². The number of pyridine rings is 1. The number of hydrogen-bond acceptors (Lipinski definition) is 9. The fraction of sp³-hybridized carbons (Fsp3) is 0.444. The summed E-state index contributed by atoms with van der Waals surface area (Å²) in [5, 5.41) is 33.1. The standard InChI is InChI=1S/C27H33N3O10/c1-25(2,3)40-24(36)29-20(27(5,21(31)32)22(33)34)13-14-26(4,19-12-11-18(15-28-19)30(37)38)23(35)39-16-17-9-7-6-8-10-17/h6-12,15,20H,13-14,16H2,1-5H3,(H,29,36)(H,31,32)(H,33,34)/t20-,26?/m0/s1. The van der Waals surface area contributed by atoms with E-state index in [4.69, 9.17) is 9.47 Å². The van der Waals surface area contributed by atoms with Crippen LogP contribution in [-0.4, -0.2) is 55.8 Å². The normalized spacial score (nSPS) is 13.8. The van der Waals surface area contributed by atoms with Gasteiger partial charge in [0.2, 0.25) is 0 Å². The molecule has 0 aliphatic heterocycles. The van der Waals surface area contributed by atoms with Gasteiger partial charge in [-0.3, -0.25) is 29.5 Å². The number of carbonyl (C=O) groups excluding carboxylic acids is 2. The molecule has 1 heterocycles. The van der Waals surface area contributed by atoms with Gasteiger partial charge >= 0.3 is 24.0 Å². The van der Waals surface area contributed by atoms with E-state index in [1.165, 1.54) is 13.0 Å². The van der Waals surface area contributed by atoms with E-state index in [1.807, 2.05) is 0 Å². The molecule has 0 bridgehead atoms. The SMILES string of the molecule is CC(C)(C)OC(=O)N[C@@H](CCC(C)(C(=O)OCc1ccccc1)c1ccc([N+](=O)[O-])cn1)C(C)(C(=O)O)C(=O)O. The van der Waals surface area contributed by atoms with E-state index in [0.29, 0.717) is 5.56 Å². The number of aromatic nitrogens is 1. The summed E-state index contributed by atoms with van der Waals surface area (Å²) in [5.74, 6) is -4.23. The summed E-state index contributed by atoms with van der Waals surface area (Å²) in [6.45, 7) is 7.01. The molecule has 216 valence electrons. The molecule has 0 aliphatic carbocycles. The van der Waals surface area contributed by atoms with E-state index in [9.17, 15) is 39.5 Å². The minimum atomic E-state index is -2.51. The third kappa shape index (κ3) is 7.74. The Morgan fingerprint density at radius 2 is 1.60 bits per heavy atom. The van der Waals surface area contributed by atoms with E-state index in [0.717, 1.165) is 19.2 Å². The molecular weight excluding hydrogens is 526 g/mol. The van der Waals surface area contributed by atoms with E-state index in [1.54, 1.807) is 51.1 Å². The monoisotopic (exact) mass is 559 g/mol. The third-order valence-electron chi connectivity index (χ3n) is 6.40. The summed E-state index contributed by atoms with van der Waals surface area (Å²) in [4.78, 5) is 64.8. The molecule has 1 unspecified atom stereocenters. The fourth-order valence-electron chi connectivity index (χ4n) is 3.82. The minimum Gasteiger partial charge on any atom is -0.480 e. The molecule has 2 rings (SSSR count). The first-order valence-electron chi connectivity index (χ1n) is 12.3. The molecule has 13 heteroatoms. The number of nitrogens with one attached hydrogen (secondary N) is 1. The van der Waals surface area contributed by atoms with Crippen molar-refractivity contribution in [3.63, 3.8) is 0 Å². The van der Waals surface area contributed by atoms with Crippen molar-refractivity contribution in [1.29, 1.82) is 0 Å². The van der Waals surface area contributed by atoms with Crippen LogP contribution in [0.4, 0.5) is 10.5 Å². The van der Waals surface area contributed by atoms with Gasteiger partial charge in [0.15, 0.2) is 5.41 Å². The maximum absolute atomic E-state index is 13.5. The van der Waals surface area contributed by atoms with Crippen molar-refractivity contribution in [1.82, 2.24) is 10.3 Å². The van der Waals surface area contributed by atoms with Crippen LogP contribution in [-0.2, 0) is 35.9 Å². The van der Waals surface area contributed by atoms with E-state index < -0.39 is 51.4 Å². The van der Waals surface area contributed by atoms with Crippen molar-refractivity contribution in [2.24, 2.45) is 5.41 Å². The maximum atomic E-state index is 13.5. The largest absolute Gasteiger partial charge is 0.480 e. The van der Waals surface area contributed by atoms with Gasteiger partial charge in [0, 0.05) is 6.07 Å². The summed E-state index contributed by atoms with van der Waals surface area (Å²) in [6.07, 6.45) is -0.674. The highest BCUT2D eigenvalue weighted by molar-refractivity contribution is 5.99. The molecule has 0 spiro atoms. The van der Waals surface area contributed by atoms with Crippen LogP contribution < -0.4 is 5.32 Å². The number of nitrogens with zero attached hydrogens (tertiary/aromatic N) is 2. The number of hydrogen-bond donors (Lipinski definition) is 3. The summed E-state index contributed by atoms with van der Waals surface area (Å²) >= 11 is 0. The van der Waals surface area contributed by atoms with E-state index in [-0.39, 0.29) is 30.8 Å². The molecule has 0 saturated heterocycles. The molecule has 1 amide bonds. The van der Waals surface area contributed by atoms with Gasteiger partial charge in [-0.15, -0.1) is 0 Å². The molecule has 0 saturated carbocycles. The summed E-state index contributed by atoms with van der Waals surface area (Å²) in [5.41, 5.74) is -4.65. The number of nitro groups is 1. The number of alkyl carbamates (subject to hydrolysis) is 1. The Hall–Kier alpha value is -4.55. The summed E-state index contributed by atoms with van der Waals surface area (Å²) in [7, 11) is 0. The second-order valence-corrected chi connectivity index (χ2v) is 10.6. The highest BCUT2D eigenvalue weighted by Gasteiger charge is 2.51. The Morgan fingerprint density at radius 3 is 2.08 bits per heavy atom. The van der Waals surface area contributed by atoms with Crippen LogP contribution in [0.25, 0.3) is 0 Å². The molecule has 2 aromatic rings. The lowest BCUT2D eigenvalue weighted by Crippen LogP contribution is -2.56. The van der Waals surface area contributed by atoms with Crippen LogP contribution in [0.2, 0.25) is 0 Å².